The molecule has 0 bridgehead atoms. The lowest BCUT2D eigenvalue weighted by atomic mass is 9.98. The number of halogens is 2. The average Bonchev–Trinajstić information content (AvgIpc) is 2.26. The lowest BCUT2D eigenvalue weighted by Gasteiger charge is -2.19. The average molecular weight is 293 g/mol. The van der Waals surface area contributed by atoms with Gasteiger partial charge in [0.15, 0.2) is 5.82 Å². The Morgan fingerprint density at radius 3 is 2.32 bits per heavy atom. The van der Waals surface area contributed by atoms with Crippen LogP contribution in [0.15, 0.2) is 17.0 Å². The molecule has 108 valence electrons. The predicted molar refractivity (Wildman–Crippen MR) is 66.9 cm³/mol. The smallest absolute Gasteiger partial charge is 0.243 e. The highest BCUT2D eigenvalue weighted by Gasteiger charge is 2.24. The van der Waals surface area contributed by atoms with E-state index in [2.05, 4.69) is 4.72 Å². The molecular formula is C12H17F2NO3S. The molecule has 0 saturated heterocycles. The Morgan fingerprint density at radius 2 is 1.84 bits per heavy atom. The van der Waals surface area contributed by atoms with Gasteiger partial charge in [0, 0.05) is 6.54 Å². The highest BCUT2D eigenvalue weighted by Crippen LogP contribution is 2.21. The summed E-state index contributed by atoms with van der Waals surface area (Å²) < 4.78 is 53.1. The van der Waals surface area contributed by atoms with Crippen molar-refractivity contribution in [1.82, 2.24) is 4.72 Å². The van der Waals surface area contributed by atoms with Crippen LogP contribution >= 0.6 is 0 Å². The third kappa shape index (κ3) is 3.95. The van der Waals surface area contributed by atoms with Crippen LogP contribution in [-0.4, -0.2) is 20.1 Å². The summed E-state index contributed by atoms with van der Waals surface area (Å²) in [5, 5.41) is 8.85. The Balaban J connectivity index is 3.16. The number of aliphatic hydroxyl groups is 1. The SMILES string of the molecule is CC(C)(C)CNS(=O)(=O)c1ccc(F)c(CO)c1F. The second-order valence-electron chi connectivity index (χ2n) is 5.38. The third-order valence-corrected chi connectivity index (χ3v) is 3.81. The zero-order valence-corrected chi connectivity index (χ0v) is 11.8. The zero-order valence-electron chi connectivity index (χ0n) is 11.0. The molecule has 1 aromatic rings. The summed E-state index contributed by atoms with van der Waals surface area (Å²) in [5.41, 5.74) is -0.970. The molecule has 1 rings (SSSR count). The third-order valence-electron chi connectivity index (χ3n) is 2.39. The van der Waals surface area contributed by atoms with E-state index in [1.807, 2.05) is 20.8 Å². The molecule has 0 unspecified atom stereocenters. The number of nitrogens with one attached hydrogen (secondary N) is 1. The second kappa shape index (κ2) is 5.52. The summed E-state index contributed by atoms with van der Waals surface area (Å²) >= 11 is 0. The molecule has 0 fully saturated rings. The van der Waals surface area contributed by atoms with Gasteiger partial charge in [0.1, 0.15) is 10.7 Å². The minimum absolute atomic E-state index is 0.112. The van der Waals surface area contributed by atoms with E-state index in [0.29, 0.717) is 0 Å². The quantitative estimate of drug-likeness (QED) is 0.889. The van der Waals surface area contributed by atoms with Gasteiger partial charge >= 0.3 is 0 Å². The Labute approximate surface area is 111 Å². The van der Waals surface area contributed by atoms with E-state index >= 15 is 0 Å². The largest absolute Gasteiger partial charge is 0.391 e. The first-order valence-electron chi connectivity index (χ1n) is 5.66. The summed E-state index contributed by atoms with van der Waals surface area (Å²) in [6.45, 7) is 4.65. The Morgan fingerprint density at radius 1 is 1.26 bits per heavy atom. The number of sulfonamides is 1. The molecule has 19 heavy (non-hydrogen) atoms. The molecule has 0 aliphatic heterocycles. The number of benzene rings is 1. The highest BCUT2D eigenvalue weighted by atomic mass is 32.2. The summed E-state index contributed by atoms with van der Waals surface area (Å²) in [6, 6.07) is 1.66. The van der Waals surface area contributed by atoms with Crippen molar-refractivity contribution < 1.29 is 22.3 Å². The van der Waals surface area contributed by atoms with Crippen LogP contribution in [0, 0.1) is 17.0 Å². The van der Waals surface area contributed by atoms with Crippen LogP contribution in [0.25, 0.3) is 0 Å². The van der Waals surface area contributed by atoms with E-state index in [0.717, 1.165) is 12.1 Å². The van der Waals surface area contributed by atoms with Crippen LogP contribution < -0.4 is 4.72 Å². The highest BCUT2D eigenvalue weighted by molar-refractivity contribution is 7.89. The van der Waals surface area contributed by atoms with Gasteiger partial charge in [0.2, 0.25) is 10.0 Å². The lowest BCUT2D eigenvalue weighted by Crippen LogP contribution is -2.33. The molecule has 0 radical (unpaired) electrons. The minimum atomic E-state index is -4.08. The molecule has 0 amide bonds. The molecule has 0 aromatic heterocycles. The van der Waals surface area contributed by atoms with Crippen molar-refractivity contribution in [3.05, 3.63) is 29.3 Å². The Bertz CT molecular complexity index is 565. The molecule has 0 aliphatic rings. The van der Waals surface area contributed by atoms with Crippen LogP contribution in [0.2, 0.25) is 0 Å². The summed E-state index contributed by atoms with van der Waals surface area (Å²) in [6.07, 6.45) is 0. The summed E-state index contributed by atoms with van der Waals surface area (Å²) in [7, 11) is -4.08. The first-order chi connectivity index (χ1) is 8.58. The topological polar surface area (TPSA) is 66.4 Å². The number of hydrogen-bond donors (Lipinski definition) is 2. The van der Waals surface area contributed by atoms with E-state index in [4.69, 9.17) is 5.11 Å². The number of hydrogen-bond acceptors (Lipinski definition) is 3. The molecule has 0 atom stereocenters. The molecule has 1 aromatic carbocycles. The van der Waals surface area contributed by atoms with Crippen molar-refractivity contribution in [2.24, 2.45) is 5.41 Å². The first kappa shape index (κ1) is 16.0. The predicted octanol–water partition coefficient (Wildman–Crippen LogP) is 1.78. The molecular weight excluding hydrogens is 276 g/mol. The van der Waals surface area contributed by atoms with Crippen molar-refractivity contribution in [2.75, 3.05) is 6.54 Å². The van der Waals surface area contributed by atoms with Crippen LogP contribution in [0.5, 0.6) is 0 Å². The van der Waals surface area contributed by atoms with Gasteiger partial charge in [-0.05, 0) is 17.5 Å². The summed E-state index contributed by atoms with van der Waals surface area (Å²) in [5.74, 6) is -2.24. The van der Waals surface area contributed by atoms with Gasteiger partial charge in [-0.15, -0.1) is 0 Å². The zero-order chi connectivity index (χ0) is 14.8. The van der Waals surface area contributed by atoms with Crippen LogP contribution in [0.4, 0.5) is 8.78 Å². The van der Waals surface area contributed by atoms with Crippen molar-refractivity contribution >= 4 is 10.0 Å². The van der Waals surface area contributed by atoms with Crippen molar-refractivity contribution in [2.45, 2.75) is 32.3 Å². The van der Waals surface area contributed by atoms with Crippen molar-refractivity contribution in [3.63, 3.8) is 0 Å². The van der Waals surface area contributed by atoms with Gasteiger partial charge in [-0.3, -0.25) is 0 Å². The summed E-state index contributed by atoms with van der Waals surface area (Å²) in [4.78, 5) is -0.665. The van der Waals surface area contributed by atoms with E-state index in [1.54, 1.807) is 0 Å². The van der Waals surface area contributed by atoms with E-state index < -0.39 is 38.7 Å². The molecule has 4 nitrogen and oxygen atoms in total. The minimum Gasteiger partial charge on any atom is -0.391 e. The van der Waals surface area contributed by atoms with E-state index in [9.17, 15) is 17.2 Å². The van der Waals surface area contributed by atoms with E-state index in [-0.39, 0.29) is 12.0 Å². The fourth-order valence-corrected chi connectivity index (χ4v) is 2.70. The molecule has 0 aliphatic carbocycles. The number of rotatable bonds is 4. The normalized spacial score (nSPS) is 12.7. The van der Waals surface area contributed by atoms with Gasteiger partial charge in [0.05, 0.1) is 12.2 Å². The molecule has 7 heteroatoms. The first-order valence-corrected chi connectivity index (χ1v) is 7.14. The second-order valence-corrected chi connectivity index (χ2v) is 7.12. The monoisotopic (exact) mass is 293 g/mol. The van der Waals surface area contributed by atoms with Gasteiger partial charge in [-0.1, -0.05) is 20.8 Å². The van der Waals surface area contributed by atoms with Crippen molar-refractivity contribution in [3.8, 4) is 0 Å². The Kier molecular flexibility index (Phi) is 4.65. The molecule has 0 spiro atoms. The van der Waals surface area contributed by atoms with Gasteiger partial charge < -0.3 is 5.11 Å². The fourth-order valence-electron chi connectivity index (χ4n) is 1.32. The van der Waals surface area contributed by atoms with E-state index in [1.165, 1.54) is 0 Å². The standard InChI is InChI=1S/C12H17F2NO3S/c1-12(2,3)7-15-19(17,18)10-5-4-9(13)8(6-16)11(10)14/h4-5,15-16H,6-7H2,1-3H3. The van der Waals surface area contributed by atoms with Gasteiger partial charge in [0.25, 0.3) is 0 Å². The molecule has 0 saturated carbocycles. The Hall–Kier alpha value is -1.05. The van der Waals surface area contributed by atoms with Gasteiger partial charge in [-0.25, -0.2) is 21.9 Å². The maximum Gasteiger partial charge on any atom is 0.243 e. The van der Waals surface area contributed by atoms with Crippen LogP contribution in [-0.2, 0) is 16.6 Å². The van der Waals surface area contributed by atoms with Crippen molar-refractivity contribution in [1.29, 1.82) is 0 Å². The van der Waals surface area contributed by atoms with Crippen LogP contribution in [0.1, 0.15) is 26.3 Å². The molecule has 0 heterocycles. The maximum absolute atomic E-state index is 13.8. The van der Waals surface area contributed by atoms with Crippen LogP contribution in [0.3, 0.4) is 0 Å². The fraction of sp³-hybridized carbons (Fsp3) is 0.500. The molecule has 2 N–H and O–H groups in total. The van der Waals surface area contributed by atoms with Gasteiger partial charge in [-0.2, -0.15) is 0 Å². The number of aliphatic hydroxyl groups excluding tert-OH is 1. The lowest BCUT2D eigenvalue weighted by molar-refractivity contribution is 0.267. The maximum atomic E-state index is 13.8.